The molecule has 0 atom stereocenters. The van der Waals surface area contributed by atoms with E-state index >= 15 is 0 Å². The number of hydrogen-bond acceptors (Lipinski definition) is 4. The van der Waals surface area contributed by atoms with Crippen LogP contribution in [0, 0.1) is 6.92 Å². The first-order valence-electron chi connectivity index (χ1n) is 5.29. The van der Waals surface area contributed by atoms with Gasteiger partial charge in [0.1, 0.15) is 17.8 Å². The molecule has 2 heterocycles. The summed E-state index contributed by atoms with van der Waals surface area (Å²) in [6.45, 7) is 1.98. The van der Waals surface area contributed by atoms with Crippen molar-refractivity contribution in [2.45, 2.75) is 6.92 Å². The second kappa shape index (κ2) is 3.35. The molecule has 0 aliphatic carbocycles. The number of nitrogens with zero attached hydrogens (tertiary/aromatic N) is 3. The highest BCUT2D eigenvalue weighted by Crippen LogP contribution is 2.24. The number of anilines is 1. The zero-order valence-corrected chi connectivity index (χ0v) is 9.64. The third-order valence-corrected chi connectivity index (χ3v) is 2.92. The molecule has 86 valence electrons. The van der Waals surface area contributed by atoms with Crippen molar-refractivity contribution in [1.82, 2.24) is 14.5 Å². The summed E-state index contributed by atoms with van der Waals surface area (Å²) in [5, 5.41) is 0. The molecule has 0 bridgehead atoms. The van der Waals surface area contributed by atoms with Crippen LogP contribution in [-0.2, 0) is 7.05 Å². The van der Waals surface area contributed by atoms with Gasteiger partial charge in [-0.3, -0.25) is 0 Å². The number of hydrogen-bond donors (Lipinski definition) is 1. The maximum atomic E-state index is 5.46. The molecule has 3 aromatic rings. The van der Waals surface area contributed by atoms with Gasteiger partial charge in [0, 0.05) is 12.6 Å². The average Bonchev–Trinajstić information content (AvgIpc) is 2.85. The maximum absolute atomic E-state index is 5.46. The van der Waals surface area contributed by atoms with E-state index in [1.807, 2.05) is 32.2 Å². The molecular weight excluding hydrogens is 216 g/mol. The number of rotatable bonds is 1. The smallest absolute Gasteiger partial charge is 0.292 e. The highest BCUT2D eigenvalue weighted by Gasteiger charge is 2.08. The van der Waals surface area contributed by atoms with Crippen molar-refractivity contribution in [2.24, 2.45) is 7.05 Å². The van der Waals surface area contributed by atoms with E-state index in [0.29, 0.717) is 0 Å². The summed E-state index contributed by atoms with van der Waals surface area (Å²) < 4.78 is 7.05. The van der Waals surface area contributed by atoms with E-state index in [4.69, 9.17) is 10.2 Å². The Morgan fingerprint density at radius 2 is 2.12 bits per heavy atom. The molecule has 17 heavy (non-hydrogen) atoms. The molecule has 5 heteroatoms. The van der Waals surface area contributed by atoms with Crippen molar-refractivity contribution in [3.63, 3.8) is 0 Å². The summed E-state index contributed by atoms with van der Waals surface area (Å²) in [7, 11) is 2.00. The SMILES string of the molecule is Cc1nc2cc(-c3coc(N)n3)ccc2n1C. The number of oxazole rings is 1. The van der Waals surface area contributed by atoms with Crippen molar-refractivity contribution in [1.29, 1.82) is 0 Å². The zero-order chi connectivity index (χ0) is 12.0. The molecule has 2 aromatic heterocycles. The minimum atomic E-state index is 0.178. The molecule has 3 rings (SSSR count). The number of aryl methyl sites for hydroxylation is 2. The molecular formula is C12H12N4O. The van der Waals surface area contributed by atoms with Gasteiger partial charge in [-0.2, -0.15) is 4.98 Å². The van der Waals surface area contributed by atoms with Crippen LogP contribution in [0.5, 0.6) is 0 Å². The van der Waals surface area contributed by atoms with Gasteiger partial charge in [-0.1, -0.05) is 6.07 Å². The topological polar surface area (TPSA) is 69.9 Å². The Hall–Kier alpha value is -2.30. The Morgan fingerprint density at radius 1 is 1.29 bits per heavy atom. The molecule has 1 aromatic carbocycles. The fourth-order valence-corrected chi connectivity index (χ4v) is 1.90. The van der Waals surface area contributed by atoms with E-state index in [1.165, 1.54) is 0 Å². The van der Waals surface area contributed by atoms with Gasteiger partial charge in [-0.05, 0) is 19.1 Å². The summed E-state index contributed by atoms with van der Waals surface area (Å²) in [5.41, 5.74) is 9.19. The van der Waals surface area contributed by atoms with Gasteiger partial charge in [0.25, 0.3) is 6.01 Å². The predicted octanol–water partition coefficient (Wildman–Crippen LogP) is 2.12. The molecule has 0 saturated heterocycles. The van der Waals surface area contributed by atoms with Gasteiger partial charge >= 0.3 is 0 Å². The van der Waals surface area contributed by atoms with Gasteiger partial charge in [-0.15, -0.1) is 0 Å². The largest absolute Gasteiger partial charge is 0.432 e. The number of benzene rings is 1. The Labute approximate surface area is 97.9 Å². The van der Waals surface area contributed by atoms with Crippen LogP contribution in [0.15, 0.2) is 28.9 Å². The lowest BCUT2D eigenvalue weighted by Crippen LogP contribution is -1.89. The van der Waals surface area contributed by atoms with Gasteiger partial charge < -0.3 is 14.7 Å². The molecule has 0 unspecified atom stereocenters. The summed E-state index contributed by atoms with van der Waals surface area (Å²) in [6.07, 6.45) is 1.55. The second-order valence-corrected chi connectivity index (χ2v) is 3.99. The van der Waals surface area contributed by atoms with E-state index < -0.39 is 0 Å². The van der Waals surface area contributed by atoms with Crippen LogP contribution in [0.2, 0.25) is 0 Å². The number of nitrogens with two attached hydrogens (primary N) is 1. The van der Waals surface area contributed by atoms with E-state index in [9.17, 15) is 0 Å². The van der Waals surface area contributed by atoms with Gasteiger partial charge in [0.05, 0.1) is 11.0 Å². The lowest BCUT2D eigenvalue weighted by atomic mass is 10.1. The fourth-order valence-electron chi connectivity index (χ4n) is 1.90. The summed E-state index contributed by atoms with van der Waals surface area (Å²) in [5.74, 6) is 0.983. The van der Waals surface area contributed by atoms with Crippen molar-refractivity contribution < 1.29 is 4.42 Å². The van der Waals surface area contributed by atoms with Gasteiger partial charge in [0.15, 0.2) is 0 Å². The van der Waals surface area contributed by atoms with Crippen molar-refractivity contribution in [3.05, 3.63) is 30.3 Å². The molecule has 0 saturated carbocycles. The van der Waals surface area contributed by atoms with Crippen LogP contribution in [-0.4, -0.2) is 14.5 Å². The number of aromatic nitrogens is 3. The average molecular weight is 228 g/mol. The summed E-state index contributed by atoms with van der Waals surface area (Å²) in [4.78, 5) is 8.57. The van der Waals surface area contributed by atoms with Crippen molar-refractivity contribution in [2.75, 3.05) is 5.73 Å². The van der Waals surface area contributed by atoms with Gasteiger partial charge in [-0.25, -0.2) is 4.98 Å². The standard InChI is InChI=1S/C12H12N4O/c1-7-14-9-5-8(3-4-11(9)16(7)2)10-6-17-12(13)15-10/h3-6H,1-2H3,(H2,13,15). The minimum absolute atomic E-state index is 0.178. The van der Waals surface area contributed by atoms with Crippen LogP contribution in [0.25, 0.3) is 22.3 Å². The van der Waals surface area contributed by atoms with E-state index in [-0.39, 0.29) is 6.01 Å². The fraction of sp³-hybridized carbons (Fsp3) is 0.167. The van der Waals surface area contributed by atoms with Crippen molar-refractivity contribution >= 4 is 17.0 Å². The molecule has 0 fully saturated rings. The molecule has 0 radical (unpaired) electrons. The van der Waals surface area contributed by atoms with E-state index in [1.54, 1.807) is 6.26 Å². The highest BCUT2D eigenvalue weighted by molar-refractivity contribution is 5.81. The number of imidazole rings is 1. The first kappa shape index (κ1) is 9.89. The molecule has 0 aliphatic heterocycles. The third kappa shape index (κ3) is 1.47. The lowest BCUT2D eigenvalue weighted by molar-refractivity contribution is 0.581. The van der Waals surface area contributed by atoms with Crippen LogP contribution in [0.3, 0.4) is 0 Å². The molecule has 0 aliphatic rings. The van der Waals surface area contributed by atoms with Crippen LogP contribution in [0.4, 0.5) is 6.01 Å². The molecule has 0 amide bonds. The normalized spacial score (nSPS) is 11.2. The predicted molar refractivity (Wildman–Crippen MR) is 65.4 cm³/mol. The van der Waals surface area contributed by atoms with E-state index in [2.05, 4.69) is 14.5 Å². The monoisotopic (exact) mass is 228 g/mol. The molecule has 2 N–H and O–H groups in total. The first-order chi connectivity index (χ1) is 8.15. The van der Waals surface area contributed by atoms with Crippen LogP contribution in [0.1, 0.15) is 5.82 Å². The molecule has 5 nitrogen and oxygen atoms in total. The third-order valence-electron chi connectivity index (χ3n) is 2.92. The Bertz CT molecular complexity index is 696. The quantitative estimate of drug-likeness (QED) is 0.692. The lowest BCUT2D eigenvalue weighted by Gasteiger charge is -1.98. The molecule has 0 spiro atoms. The van der Waals surface area contributed by atoms with Crippen LogP contribution < -0.4 is 5.73 Å². The Kier molecular flexibility index (Phi) is 1.95. The first-order valence-corrected chi connectivity index (χ1v) is 5.29. The Balaban J connectivity index is 2.20. The number of fused-ring (bicyclic) bond motifs is 1. The zero-order valence-electron chi connectivity index (χ0n) is 9.64. The maximum Gasteiger partial charge on any atom is 0.292 e. The summed E-state index contributed by atoms with van der Waals surface area (Å²) in [6, 6.07) is 6.17. The van der Waals surface area contributed by atoms with E-state index in [0.717, 1.165) is 28.1 Å². The minimum Gasteiger partial charge on any atom is -0.432 e. The van der Waals surface area contributed by atoms with Crippen molar-refractivity contribution in [3.8, 4) is 11.3 Å². The number of nitrogen functional groups attached to an aromatic ring is 1. The summed E-state index contributed by atoms with van der Waals surface area (Å²) >= 11 is 0. The Morgan fingerprint density at radius 3 is 2.82 bits per heavy atom. The van der Waals surface area contributed by atoms with Gasteiger partial charge in [0.2, 0.25) is 0 Å². The van der Waals surface area contributed by atoms with Crippen LogP contribution >= 0.6 is 0 Å². The highest BCUT2D eigenvalue weighted by atomic mass is 16.4. The second-order valence-electron chi connectivity index (χ2n) is 3.99.